The van der Waals surface area contributed by atoms with E-state index in [-0.39, 0.29) is 11.3 Å². The first-order valence-electron chi connectivity index (χ1n) is 11.4. The quantitative estimate of drug-likeness (QED) is 0.291. The van der Waals surface area contributed by atoms with Crippen molar-refractivity contribution in [3.05, 3.63) is 82.6 Å². The normalized spacial score (nSPS) is 20.7. The van der Waals surface area contributed by atoms with Crippen molar-refractivity contribution in [1.29, 1.82) is 0 Å². The fourth-order valence-electron chi connectivity index (χ4n) is 5.94. The van der Waals surface area contributed by atoms with Crippen LogP contribution >= 0.6 is 0 Å². The van der Waals surface area contributed by atoms with Crippen molar-refractivity contribution in [3.63, 3.8) is 0 Å². The van der Waals surface area contributed by atoms with E-state index in [1.165, 1.54) is 22.3 Å². The maximum atomic E-state index is 11.5. The van der Waals surface area contributed by atoms with Crippen molar-refractivity contribution in [2.24, 2.45) is 16.8 Å². The summed E-state index contributed by atoms with van der Waals surface area (Å²) in [7, 11) is 0. The molecule has 1 aromatic heterocycles. The summed E-state index contributed by atoms with van der Waals surface area (Å²) in [6, 6.07) is 18.2. The molecule has 0 saturated heterocycles. The molecule has 0 aliphatic heterocycles. The maximum Gasteiger partial charge on any atom is 0.332 e. The first-order chi connectivity index (χ1) is 15.7. The Hall–Kier alpha value is -3.60. The van der Waals surface area contributed by atoms with Gasteiger partial charge in [-0.3, -0.25) is 0 Å². The van der Waals surface area contributed by atoms with Gasteiger partial charge in [0.1, 0.15) is 11.3 Å². The summed E-state index contributed by atoms with van der Waals surface area (Å²) in [6.45, 7) is 8.85. The molecule has 1 saturated carbocycles. The van der Waals surface area contributed by atoms with Crippen molar-refractivity contribution in [1.82, 2.24) is 5.43 Å². The van der Waals surface area contributed by atoms with E-state index in [4.69, 9.17) is 10.2 Å². The second-order valence-corrected chi connectivity index (χ2v) is 9.72. The summed E-state index contributed by atoms with van der Waals surface area (Å²) in [5, 5.41) is 7.75. The van der Waals surface area contributed by atoms with Crippen molar-refractivity contribution < 1.29 is 9.21 Å². The predicted octanol–water partition coefficient (Wildman–Crippen LogP) is 6.25. The summed E-state index contributed by atoms with van der Waals surface area (Å²) in [5.74, 6) is 0.841. The molecule has 2 amide bonds. The van der Waals surface area contributed by atoms with Crippen LogP contribution in [0.5, 0.6) is 0 Å². The van der Waals surface area contributed by atoms with Gasteiger partial charge in [0.25, 0.3) is 0 Å². The predicted molar refractivity (Wildman–Crippen MR) is 134 cm³/mol. The third-order valence-electron chi connectivity index (χ3n) is 7.03. The largest absolute Gasteiger partial charge is 0.455 e. The van der Waals surface area contributed by atoms with Gasteiger partial charge in [0.2, 0.25) is 0 Å². The van der Waals surface area contributed by atoms with Gasteiger partial charge in [-0.25, -0.2) is 10.2 Å². The van der Waals surface area contributed by atoms with Gasteiger partial charge in [0, 0.05) is 11.3 Å². The fraction of sp³-hybridized carbons (Fsp3) is 0.286. The Morgan fingerprint density at radius 3 is 2.42 bits per heavy atom. The average Bonchev–Trinajstić information content (AvgIpc) is 3.16. The lowest BCUT2D eigenvalue weighted by Crippen LogP contribution is -2.44. The van der Waals surface area contributed by atoms with Crippen molar-refractivity contribution >= 4 is 33.5 Å². The molecular weight excluding hydrogens is 410 g/mol. The lowest BCUT2D eigenvalue weighted by atomic mass is 9.57. The summed E-state index contributed by atoms with van der Waals surface area (Å²) >= 11 is 0. The number of urea groups is 1. The Morgan fingerprint density at radius 1 is 1.03 bits per heavy atom. The fourth-order valence-corrected chi connectivity index (χ4v) is 5.94. The summed E-state index contributed by atoms with van der Waals surface area (Å²) < 4.78 is 6.24. The average molecular weight is 440 g/mol. The molecule has 1 aliphatic carbocycles. The number of primary amides is 1. The molecule has 33 heavy (non-hydrogen) atoms. The number of furan rings is 1. The van der Waals surface area contributed by atoms with Crippen LogP contribution in [0.2, 0.25) is 0 Å². The lowest BCUT2D eigenvalue weighted by Gasteiger charge is -2.47. The lowest BCUT2D eigenvalue weighted by molar-refractivity contribution is 0.214. The molecule has 168 valence electrons. The van der Waals surface area contributed by atoms with Gasteiger partial charge < -0.3 is 10.2 Å². The van der Waals surface area contributed by atoms with Crippen molar-refractivity contribution in [2.75, 3.05) is 0 Å². The number of fused-ring (bicyclic) bond motifs is 3. The minimum Gasteiger partial charge on any atom is -0.455 e. The SMILES string of the molecule is Cc1cc(C)c(C2(C)CC(C(=NNC(N)=O)c3cc4c(ccc5ccccc54)o3)C2)c(C)c1. The van der Waals surface area contributed by atoms with E-state index in [2.05, 4.69) is 68.6 Å². The smallest absolute Gasteiger partial charge is 0.332 e. The molecule has 1 aliphatic rings. The Morgan fingerprint density at radius 2 is 1.73 bits per heavy atom. The maximum absolute atomic E-state index is 11.5. The van der Waals surface area contributed by atoms with Crippen LogP contribution < -0.4 is 11.2 Å². The van der Waals surface area contributed by atoms with E-state index in [0.717, 1.165) is 40.3 Å². The highest BCUT2D eigenvalue weighted by atomic mass is 16.3. The number of benzene rings is 3. The molecule has 3 N–H and O–H groups in total. The summed E-state index contributed by atoms with van der Waals surface area (Å²) in [6.07, 6.45) is 1.85. The van der Waals surface area contributed by atoms with Gasteiger partial charge in [-0.1, -0.05) is 55.0 Å². The van der Waals surface area contributed by atoms with E-state index in [0.29, 0.717) is 5.76 Å². The minimum atomic E-state index is -0.679. The number of hydrogen-bond donors (Lipinski definition) is 2. The summed E-state index contributed by atoms with van der Waals surface area (Å²) in [4.78, 5) is 11.5. The molecule has 0 atom stereocenters. The van der Waals surface area contributed by atoms with Gasteiger partial charge in [0.15, 0.2) is 5.76 Å². The van der Waals surface area contributed by atoms with Gasteiger partial charge in [-0.2, -0.15) is 5.10 Å². The first kappa shape index (κ1) is 21.3. The topological polar surface area (TPSA) is 80.6 Å². The van der Waals surface area contributed by atoms with Gasteiger partial charge >= 0.3 is 6.03 Å². The van der Waals surface area contributed by atoms with E-state index < -0.39 is 6.03 Å². The molecule has 1 heterocycles. The highest BCUT2D eigenvalue weighted by molar-refractivity contribution is 6.10. The van der Waals surface area contributed by atoms with Crippen LogP contribution in [0.4, 0.5) is 4.79 Å². The second kappa shape index (κ2) is 7.77. The Labute approximate surface area is 193 Å². The van der Waals surface area contributed by atoms with Crippen LogP contribution in [-0.2, 0) is 5.41 Å². The zero-order valence-corrected chi connectivity index (χ0v) is 19.5. The number of aryl methyl sites for hydroxylation is 3. The number of amides is 2. The minimum absolute atomic E-state index is 0.0543. The number of hydrazone groups is 1. The third kappa shape index (κ3) is 3.67. The molecule has 3 aromatic carbocycles. The zero-order valence-electron chi connectivity index (χ0n) is 19.5. The van der Waals surface area contributed by atoms with Crippen LogP contribution in [-0.4, -0.2) is 11.7 Å². The molecule has 0 spiro atoms. The highest BCUT2D eigenvalue weighted by Crippen LogP contribution is 2.51. The summed E-state index contributed by atoms with van der Waals surface area (Å²) in [5.41, 5.74) is 14.8. The molecule has 5 rings (SSSR count). The number of nitrogens with two attached hydrogens (primary N) is 1. The molecule has 4 aromatic rings. The highest BCUT2D eigenvalue weighted by Gasteiger charge is 2.46. The Balaban J connectivity index is 1.52. The number of carbonyl (C=O) groups is 1. The van der Waals surface area contributed by atoms with Crippen molar-refractivity contribution in [2.45, 2.75) is 46.0 Å². The molecule has 1 fully saturated rings. The number of hydrogen-bond acceptors (Lipinski definition) is 3. The van der Waals surface area contributed by atoms with E-state index in [1.54, 1.807) is 0 Å². The van der Waals surface area contributed by atoms with Crippen LogP contribution in [0.25, 0.3) is 21.7 Å². The Bertz CT molecular complexity index is 1400. The van der Waals surface area contributed by atoms with Crippen molar-refractivity contribution in [3.8, 4) is 0 Å². The van der Waals surface area contributed by atoms with E-state index in [1.807, 2.05) is 24.3 Å². The first-order valence-corrected chi connectivity index (χ1v) is 11.4. The number of rotatable bonds is 4. The zero-order chi connectivity index (χ0) is 23.3. The van der Waals surface area contributed by atoms with Gasteiger partial charge in [0.05, 0.1) is 0 Å². The third-order valence-corrected chi connectivity index (χ3v) is 7.03. The number of nitrogens with one attached hydrogen (secondary N) is 1. The monoisotopic (exact) mass is 439 g/mol. The Kier molecular flexibility index (Phi) is 5.00. The molecule has 0 bridgehead atoms. The van der Waals surface area contributed by atoms with Crippen LogP contribution in [0, 0.1) is 26.7 Å². The number of carbonyl (C=O) groups excluding carboxylic acids is 1. The molecular formula is C28H29N3O2. The molecule has 5 heteroatoms. The second-order valence-electron chi connectivity index (χ2n) is 9.72. The standard InChI is InChI=1S/C28H29N3O2/c1-16-11-17(2)25(18(3)12-16)28(4)14-20(15-28)26(30-31-27(29)32)24-13-22-21-8-6-5-7-19(21)9-10-23(22)33-24/h5-13,20H,14-15H2,1-4H3,(H3,29,31,32). The van der Waals surface area contributed by atoms with Crippen LogP contribution in [0.1, 0.15) is 47.8 Å². The van der Waals surface area contributed by atoms with Crippen LogP contribution in [0.15, 0.2) is 64.1 Å². The molecule has 5 nitrogen and oxygen atoms in total. The van der Waals surface area contributed by atoms with E-state index >= 15 is 0 Å². The van der Waals surface area contributed by atoms with Gasteiger partial charge in [-0.15, -0.1) is 0 Å². The molecule has 0 unspecified atom stereocenters. The van der Waals surface area contributed by atoms with Crippen LogP contribution in [0.3, 0.4) is 0 Å². The number of nitrogens with zero attached hydrogens (tertiary/aromatic N) is 1. The van der Waals surface area contributed by atoms with E-state index in [9.17, 15) is 4.79 Å². The molecule has 0 radical (unpaired) electrons. The van der Waals surface area contributed by atoms with Gasteiger partial charge in [-0.05, 0) is 78.6 Å².